The highest BCUT2D eigenvalue weighted by Gasteiger charge is 2.46. The standard InChI is InChI=1S/C64H91F2N13O16/c1-45-9-11-46(12-10-45)7-6-8-54(80)69-18-34-94-33-16-52(71-55(81)40-74-20-22-75(41-57(83)84)24-26-77(43-59(87)88)27-25-76(23-21-74)42-58(85)86)62(91)72-53(36-60(89)93-3)63(92)78-30-28-73(29-31-78)19-4-5-32-95-48-13-14-51-50(35-48)49(15-17-68-51)61(90)70-39-56(82)79-44-64(65,66)37-47(79)38-67-2/h9-15,17,35,38,47,52-53H,4-8,16,18-34,36-37,39-44H2,1-3H3,(H,69,80)(H,70,90)(H,71,81)(H,72,91)(H,83,84)(H,85,86)(H,87,88)/b67-38+/t47-,52+,53+/m1/s1. The van der Waals surface area contributed by atoms with E-state index in [0.29, 0.717) is 68.6 Å². The van der Waals surface area contributed by atoms with Crippen LogP contribution in [0.5, 0.6) is 5.75 Å². The van der Waals surface area contributed by atoms with Gasteiger partial charge < -0.3 is 60.6 Å². The van der Waals surface area contributed by atoms with Crippen LogP contribution < -0.4 is 26.0 Å². The number of ether oxygens (including phenoxy) is 3. The number of hydrogen-bond acceptors (Lipinski definition) is 20. The van der Waals surface area contributed by atoms with Gasteiger partial charge in [-0.3, -0.25) is 82.4 Å². The van der Waals surface area contributed by atoms with Gasteiger partial charge in [-0.25, -0.2) is 8.78 Å². The number of aliphatic imine (C=N–C) groups is 1. The van der Waals surface area contributed by atoms with Gasteiger partial charge in [-0.2, -0.15) is 0 Å². The van der Waals surface area contributed by atoms with E-state index in [1.807, 2.05) is 31.2 Å². The summed E-state index contributed by atoms with van der Waals surface area (Å²) in [6.07, 6.45) is 4.54. The number of esters is 1. The van der Waals surface area contributed by atoms with Gasteiger partial charge in [0.1, 0.15) is 17.8 Å². The van der Waals surface area contributed by atoms with Crippen molar-refractivity contribution in [2.45, 2.75) is 82.3 Å². The third-order valence-electron chi connectivity index (χ3n) is 16.5. The molecule has 29 nitrogen and oxygen atoms in total. The number of aromatic nitrogens is 1. The molecule has 95 heavy (non-hydrogen) atoms. The van der Waals surface area contributed by atoms with Crippen molar-refractivity contribution < 1.29 is 86.3 Å². The summed E-state index contributed by atoms with van der Waals surface area (Å²) in [5.74, 6) is -10.2. The number of benzene rings is 2. The van der Waals surface area contributed by atoms with E-state index in [1.165, 1.54) is 30.4 Å². The van der Waals surface area contributed by atoms with Crippen LogP contribution in [0.1, 0.15) is 66.4 Å². The number of nitrogens with one attached hydrogen (secondary N) is 4. The Bertz CT molecular complexity index is 3070. The molecule has 3 aromatic rings. The first-order chi connectivity index (χ1) is 45.5. The second kappa shape index (κ2) is 38.9. The molecular formula is C64H91F2N13O16. The van der Waals surface area contributed by atoms with E-state index in [0.717, 1.165) is 29.6 Å². The minimum absolute atomic E-state index is 0.0613. The second-order valence-corrected chi connectivity index (χ2v) is 23.8. The van der Waals surface area contributed by atoms with E-state index in [2.05, 4.69) is 36.1 Å². The second-order valence-electron chi connectivity index (χ2n) is 23.8. The van der Waals surface area contributed by atoms with Crippen LogP contribution in [-0.2, 0) is 59.0 Å². The van der Waals surface area contributed by atoms with Crippen molar-refractivity contribution in [3.05, 3.63) is 71.4 Å². The first-order valence-corrected chi connectivity index (χ1v) is 32.0. The summed E-state index contributed by atoms with van der Waals surface area (Å²) in [4.78, 5) is 150. The number of carboxylic acid groups (broad SMARTS) is 3. The van der Waals surface area contributed by atoms with Crippen LogP contribution in [0.15, 0.2) is 59.7 Å². The van der Waals surface area contributed by atoms with Gasteiger partial charge in [0, 0.05) is 129 Å². The summed E-state index contributed by atoms with van der Waals surface area (Å²) in [5, 5.41) is 40.3. The van der Waals surface area contributed by atoms with Crippen molar-refractivity contribution >= 4 is 76.4 Å². The van der Waals surface area contributed by atoms with Gasteiger partial charge in [-0.15, -0.1) is 0 Å². The van der Waals surface area contributed by atoms with Gasteiger partial charge in [0.05, 0.1) is 83.1 Å². The van der Waals surface area contributed by atoms with Crippen molar-refractivity contribution in [1.29, 1.82) is 0 Å². The zero-order chi connectivity index (χ0) is 68.9. The number of pyridine rings is 1. The minimum Gasteiger partial charge on any atom is -0.494 e. The number of likely N-dealkylation sites (tertiary alicyclic amines) is 1. The largest absolute Gasteiger partial charge is 0.494 e. The average Bonchev–Trinajstić information content (AvgIpc) is 1.65. The Morgan fingerprint density at radius 2 is 1.32 bits per heavy atom. The Balaban J connectivity index is 1.03. The van der Waals surface area contributed by atoms with Crippen molar-refractivity contribution in [3.8, 4) is 5.75 Å². The number of nitrogens with zero attached hydrogens (tertiary/aromatic N) is 9. The highest BCUT2D eigenvalue weighted by atomic mass is 19.3. The lowest BCUT2D eigenvalue weighted by Crippen LogP contribution is -2.58. The molecule has 1 aromatic heterocycles. The molecule has 6 amide bonds. The fourth-order valence-corrected chi connectivity index (χ4v) is 11.3. The molecule has 2 aromatic carbocycles. The SMILES string of the molecule is C/N=C/[C@H]1CC(F)(F)CN1C(=O)CNC(=O)c1ccnc2ccc(OCCCCN3CCN(C(=O)[C@H](CC(=O)OC)NC(=O)[C@H](CCOCCNC(=O)CCCc4ccc(C)cc4)NC(=O)CN4CCN(CC(=O)O)CCN(CC(=O)O)CCN(CC(=O)O)CC4)CC3)cc12. The summed E-state index contributed by atoms with van der Waals surface area (Å²) in [7, 11) is 2.58. The van der Waals surface area contributed by atoms with Crippen LogP contribution in [0, 0.1) is 6.92 Å². The van der Waals surface area contributed by atoms with Crippen molar-refractivity contribution in [2.24, 2.45) is 4.99 Å². The first-order valence-electron chi connectivity index (χ1n) is 32.0. The molecule has 3 aliphatic rings. The first kappa shape index (κ1) is 75.7. The molecule has 7 N–H and O–H groups in total. The summed E-state index contributed by atoms with van der Waals surface area (Å²) in [5.41, 5.74) is 2.97. The lowest BCUT2D eigenvalue weighted by atomic mass is 10.1. The number of piperazine rings is 1. The highest BCUT2D eigenvalue weighted by Crippen LogP contribution is 2.31. The Labute approximate surface area is 550 Å². The molecular weight excluding hydrogens is 1240 g/mol. The smallest absolute Gasteiger partial charge is 0.317 e. The van der Waals surface area contributed by atoms with Crippen LogP contribution in [-0.4, -0.2) is 309 Å². The van der Waals surface area contributed by atoms with Crippen LogP contribution >= 0.6 is 0 Å². The maximum absolute atomic E-state index is 14.4. The number of aryl methyl sites for hydroxylation is 2. The number of aliphatic carboxylic acids is 3. The topological polar surface area (TPSA) is 355 Å². The lowest BCUT2D eigenvalue weighted by molar-refractivity contribution is -0.147. The number of rotatable bonds is 34. The summed E-state index contributed by atoms with van der Waals surface area (Å²) >= 11 is 0. The normalized spacial score (nSPS) is 17.8. The molecule has 4 heterocycles. The zero-order valence-corrected chi connectivity index (χ0v) is 54.4. The molecule has 3 saturated heterocycles. The molecule has 522 valence electrons. The van der Waals surface area contributed by atoms with E-state index >= 15 is 0 Å². The maximum atomic E-state index is 14.4. The molecule has 0 radical (unpaired) electrons. The van der Waals surface area contributed by atoms with Gasteiger partial charge >= 0.3 is 23.9 Å². The van der Waals surface area contributed by atoms with Crippen LogP contribution in [0.25, 0.3) is 10.9 Å². The monoisotopic (exact) mass is 1340 g/mol. The van der Waals surface area contributed by atoms with Crippen LogP contribution in [0.2, 0.25) is 0 Å². The third kappa shape index (κ3) is 26.8. The summed E-state index contributed by atoms with van der Waals surface area (Å²) in [6.45, 7) is 2.95. The quantitative estimate of drug-likeness (QED) is 0.0236. The van der Waals surface area contributed by atoms with Crippen molar-refractivity contribution in [1.82, 2.24) is 60.6 Å². The number of amides is 6. The van der Waals surface area contributed by atoms with E-state index in [4.69, 9.17) is 14.2 Å². The van der Waals surface area contributed by atoms with E-state index < -0.39 is 103 Å². The molecule has 0 unspecified atom stereocenters. The zero-order valence-electron chi connectivity index (χ0n) is 54.4. The molecule has 3 fully saturated rings. The van der Waals surface area contributed by atoms with Gasteiger partial charge in [-0.1, -0.05) is 29.8 Å². The number of hydrogen-bond donors (Lipinski definition) is 7. The van der Waals surface area contributed by atoms with Crippen LogP contribution in [0.4, 0.5) is 8.78 Å². The number of halogens is 2. The van der Waals surface area contributed by atoms with Gasteiger partial charge in [-0.05, 0) is 75.4 Å². The summed E-state index contributed by atoms with van der Waals surface area (Å²) < 4.78 is 45.2. The number of alkyl halides is 2. The average molecular weight is 1340 g/mol. The van der Waals surface area contributed by atoms with E-state index in [-0.39, 0.29) is 129 Å². The Morgan fingerprint density at radius 3 is 1.92 bits per heavy atom. The van der Waals surface area contributed by atoms with Crippen molar-refractivity contribution in [3.63, 3.8) is 0 Å². The van der Waals surface area contributed by atoms with E-state index in [1.54, 1.807) is 37.8 Å². The van der Waals surface area contributed by atoms with Crippen molar-refractivity contribution in [2.75, 3.05) is 165 Å². The van der Waals surface area contributed by atoms with Gasteiger partial charge in [0.2, 0.25) is 29.5 Å². The summed E-state index contributed by atoms with van der Waals surface area (Å²) in [6, 6.07) is 11.0. The Morgan fingerprint density at radius 1 is 0.705 bits per heavy atom. The molecule has 0 bridgehead atoms. The maximum Gasteiger partial charge on any atom is 0.317 e. The molecule has 0 aliphatic carbocycles. The molecule has 3 atom stereocenters. The molecule has 6 rings (SSSR count). The molecule has 31 heteroatoms. The molecule has 0 spiro atoms. The van der Waals surface area contributed by atoms with Crippen LogP contribution in [0.3, 0.4) is 0 Å². The third-order valence-corrected chi connectivity index (χ3v) is 16.5. The Hall–Kier alpha value is -8.36. The lowest BCUT2D eigenvalue weighted by Gasteiger charge is -2.36. The minimum atomic E-state index is -3.07. The van der Waals surface area contributed by atoms with Gasteiger partial charge in [0.15, 0.2) is 0 Å². The molecule has 3 aliphatic heterocycles. The number of carboxylic acids is 3. The number of methoxy groups -OCH3 is 1. The Kier molecular flexibility index (Phi) is 31.0. The highest BCUT2D eigenvalue weighted by molar-refractivity contribution is 6.07. The fourth-order valence-electron chi connectivity index (χ4n) is 11.3. The van der Waals surface area contributed by atoms with E-state index in [9.17, 15) is 72.0 Å². The number of unbranched alkanes of at least 4 members (excludes halogenated alkanes) is 1. The number of carbonyl (C=O) groups is 10. The predicted molar refractivity (Wildman–Crippen MR) is 343 cm³/mol. The van der Waals surface area contributed by atoms with Gasteiger partial charge in [0.25, 0.3) is 11.8 Å². The number of fused-ring (bicyclic) bond motifs is 1. The molecule has 0 saturated carbocycles. The number of carbonyl (C=O) groups excluding carboxylic acids is 7. The predicted octanol–water partition coefficient (Wildman–Crippen LogP) is 0.0669. The fraction of sp³-hybridized carbons (Fsp3) is 0.594.